The van der Waals surface area contributed by atoms with Crippen LogP contribution in [0.3, 0.4) is 0 Å². The molecule has 0 saturated heterocycles. The maximum absolute atomic E-state index is 12.6. The summed E-state index contributed by atoms with van der Waals surface area (Å²) in [5.41, 5.74) is -4.48. The lowest BCUT2D eigenvalue weighted by Gasteiger charge is -2.10. The first-order chi connectivity index (χ1) is 13.2. The molecule has 0 amide bonds. The topological polar surface area (TPSA) is 63.6 Å². The van der Waals surface area contributed by atoms with Gasteiger partial charge in [0.25, 0.3) is 0 Å². The lowest BCUT2D eigenvalue weighted by molar-refractivity contribution is -0.139. The maximum Gasteiger partial charge on any atom is 0.417 e. The molecule has 0 saturated carbocycles. The highest BCUT2D eigenvalue weighted by atomic mass is 19.4. The Morgan fingerprint density at radius 1 is 0.793 bits per heavy atom. The van der Waals surface area contributed by atoms with E-state index < -0.39 is 58.2 Å². The Balaban J connectivity index is 0.000000291. The van der Waals surface area contributed by atoms with Gasteiger partial charge < -0.3 is 9.84 Å². The van der Waals surface area contributed by atoms with Crippen LogP contribution in [0.25, 0.3) is 0 Å². The highest BCUT2D eigenvalue weighted by molar-refractivity contribution is 5.91. The number of rotatable bonds is 2. The number of carboxylic acids is 1. The first-order valence-corrected chi connectivity index (χ1v) is 7.23. The molecule has 12 heteroatoms. The highest BCUT2D eigenvalue weighted by Crippen LogP contribution is 2.33. The molecule has 4 nitrogen and oxygen atoms in total. The van der Waals surface area contributed by atoms with E-state index in [0.29, 0.717) is 12.1 Å². The normalized spacial score (nSPS) is 11.3. The van der Waals surface area contributed by atoms with E-state index in [2.05, 4.69) is 4.74 Å². The molecule has 158 valence electrons. The van der Waals surface area contributed by atoms with Crippen LogP contribution >= 0.6 is 0 Å². The number of carbonyl (C=O) groups excluding carboxylic acids is 1. The van der Waals surface area contributed by atoms with E-state index in [1.54, 1.807) is 0 Å². The molecule has 2 rings (SSSR count). The van der Waals surface area contributed by atoms with Gasteiger partial charge in [-0.1, -0.05) is 0 Å². The van der Waals surface area contributed by atoms with E-state index in [1.165, 1.54) is 0 Å². The number of hydrogen-bond donors (Lipinski definition) is 1. The summed E-state index contributed by atoms with van der Waals surface area (Å²) in [5, 5.41) is 8.40. The average molecular weight is 430 g/mol. The zero-order valence-corrected chi connectivity index (χ0v) is 14.2. The summed E-state index contributed by atoms with van der Waals surface area (Å²) in [6.45, 7) is 0. The second-order valence-electron chi connectivity index (χ2n) is 5.17. The number of carboxylic acid groups (broad SMARTS) is 1. The first-order valence-electron chi connectivity index (χ1n) is 7.23. The van der Waals surface area contributed by atoms with Crippen LogP contribution in [0.2, 0.25) is 0 Å². The first kappa shape index (κ1) is 23.9. The van der Waals surface area contributed by atoms with Gasteiger partial charge in [0.05, 0.1) is 29.4 Å². The van der Waals surface area contributed by atoms with Gasteiger partial charge in [0.1, 0.15) is 11.6 Å². The van der Waals surface area contributed by atoms with Gasteiger partial charge in [-0.25, -0.2) is 18.4 Å². The van der Waals surface area contributed by atoms with Gasteiger partial charge in [-0.2, -0.15) is 26.3 Å². The molecule has 2 aromatic carbocycles. The Bertz CT molecular complexity index is 903. The van der Waals surface area contributed by atoms with Crippen molar-refractivity contribution in [2.24, 2.45) is 0 Å². The number of hydrogen-bond acceptors (Lipinski definition) is 3. The molecule has 0 aliphatic heterocycles. The van der Waals surface area contributed by atoms with Crippen LogP contribution in [-0.2, 0) is 17.1 Å². The van der Waals surface area contributed by atoms with Crippen molar-refractivity contribution in [2.45, 2.75) is 12.4 Å². The smallest absolute Gasteiger partial charge is 0.417 e. The second kappa shape index (κ2) is 8.88. The molecule has 2 aromatic rings. The predicted octanol–water partition coefficient (Wildman–Crippen LogP) is 5.17. The van der Waals surface area contributed by atoms with Gasteiger partial charge in [-0.3, -0.25) is 0 Å². The SMILES string of the molecule is COC(=O)c1ccc(F)cc1C(F)(F)F.O=C(O)c1ccc(F)cc1C(F)(F)F. The summed E-state index contributed by atoms with van der Waals surface area (Å²) in [5.74, 6) is -5.07. The lowest BCUT2D eigenvalue weighted by atomic mass is 10.1. The summed E-state index contributed by atoms with van der Waals surface area (Å²) >= 11 is 0. The van der Waals surface area contributed by atoms with Gasteiger partial charge in [0.2, 0.25) is 0 Å². The zero-order chi connectivity index (χ0) is 22.6. The Morgan fingerprint density at radius 2 is 1.17 bits per heavy atom. The second-order valence-corrected chi connectivity index (χ2v) is 5.17. The van der Waals surface area contributed by atoms with Crippen molar-refractivity contribution < 1.29 is 54.6 Å². The van der Waals surface area contributed by atoms with Crippen LogP contribution in [0.5, 0.6) is 0 Å². The molecule has 1 N–H and O–H groups in total. The average Bonchev–Trinajstić information content (AvgIpc) is 2.59. The summed E-state index contributed by atoms with van der Waals surface area (Å²) < 4.78 is 103. The Labute approximate surface area is 157 Å². The fourth-order valence-corrected chi connectivity index (χ4v) is 1.98. The summed E-state index contributed by atoms with van der Waals surface area (Å²) in [4.78, 5) is 21.3. The third-order valence-electron chi connectivity index (χ3n) is 3.21. The maximum atomic E-state index is 12.6. The van der Waals surface area contributed by atoms with Crippen LogP contribution in [0.15, 0.2) is 36.4 Å². The molecule has 0 heterocycles. The summed E-state index contributed by atoms with van der Waals surface area (Å²) in [6, 6.07) is 3.17. The van der Waals surface area contributed by atoms with Crippen molar-refractivity contribution in [3.05, 3.63) is 70.3 Å². The lowest BCUT2D eigenvalue weighted by Crippen LogP contribution is -2.14. The van der Waals surface area contributed by atoms with Crippen LogP contribution < -0.4 is 0 Å². The van der Waals surface area contributed by atoms with Crippen molar-refractivity contribution in [3.63, 3.8) is 0 Å². The summed E-state index contributed by atoms with van der Waals surface area (Å²) in [6.07, 6.45) is -9.65. The quantitative estimate of drug-likeness (QED) is 0.527. The molecule has 0 radical (unpaired) electrons. The van der Waals surface area contributed by atoms with E-state index in [4.69, 9.17) is 5.11 Å². The van der Waals surface area contributed by atoms with E-state index in [1.807, 2.05) is 0 Å². The van der Waals surface area contributed by atoms with Crippen molar-refractivity contribution in [1.29, 1.82) is 0 Å². The third kappa shape index (κ3) is 6.43. The fraction of sp³-hybridized carbons (Fsp3) is 0.176. The van der Waals surface area contributed by atoms with Crippen molar-refractivity contribution in [3.8, 4) is 0 Å². The van der Waals surface area contributed by atoms with E-state index >= 15 is 0 Å². The molecule has 0 unspecified atom stereocenters. The highest BCUT2D eigenvalue weighted by Gasteiger charge is 2.36. The Hall–Kier alpha value is -3.18. The van der Waals surface area contributed by atoms with Crippen LogP contribution in [-0.4, -0.2) is 24.2 Å². The van der Waals surface area contributed by atoms with Gasteiger partial charge in [-0.15, -0.1) is 0 Å². The van der Waals surface area contributed by atoms with Gasteiger partial charge in [0.15, 0.2) is 0 Å². The van der Waals surface area contributed by atoms with Crippen LogP contribution in [0, 0.1) is 11.6 Å². The summed E-state index contributed by atoms with van der Waals surface area (Å²) in [7, 11) is 0.950. The van der Waals surface area contributed by atoms with E-state index in [0.717, 1.165) is 19.2 Å². The molecule has 0 aliphatic carbocycles. The van der Waals surface area contributed by atoms with Crippen LogP contribution in [0.1, 0.15) is 31.8 Å². The molecule has 29 heavy (non-hydrogen) atoms. The number of alkyl halides is 6. The molecule has 0 bridgehead atoms. The zero-order valence-electron chi connectivity index (χ0n) is 14.2. The van der Waals surface area contributed by atoms with Gasteiger partial charge in [0, 0.05) is 0 Å². The minimum atomic E-state index is -4.87. The number of methoxy groups -OCH3 is 1. The number of aromatic carboxylic acids is 1. The van der Waals surface area contributed by atoms with Crippen molar-refractivity contribution in [1.82, 2.24) is 0 Å². The largest absolute Gasteiger partial charge is 0.478 e. The minimum absolute atomic E-state index is 0.156. The molecule has 0 atom stereocenters. The van der Waals surface area contributed by atoms with Crippen molar-refractivity contribution >= 4 is 11.9 Å². The van der Waals surface area contributed by atoms with E-state index in [-0.39, 0.29) is 12.1 Å². The van der Waals surface area contributed by atoms with Gasteiger partial charge in [-0.05, 0) is 36.4 Å². The Morgan fingerprint density at radius 3 is 1.52 bits per heavy atom. The van der Waals surface area contributed by atoms with Gasteiger partial charge >= 0.3 is 24.3 Å². The fourth-order valence-electron chi connectivity index (χ4n) is 1.98. The molecular formula is C17H10F8O4. The standard InChI is InChI=1S/C9H6F4O2.C8H4F4O2/c1-15-8(14)6-3-2-5(10)4-7(6)9(11,12)13;9-4-1-2-5(7(13)14)6(3-4)8(10,11)12/h2-4H,1H3;1-3H,(H,13,14). The predicted molar refractivity (Wildman–Crippen MR) is 81.1 cm³/mol. The van der Waals surface area contributed by atoms with Crippen molar-refractivity contribution in [2.75, 3.05) is 7.11 Å². The number of halogens is 8. The number of esters is 1. The molecule has 0 fully saturated rings. The molecular weight excluding hydrogens is 420 g/mol. The number of carbonyl (C=O) groups is 2. The van der Waals surface area contributed by atoms with E-state index in [9.17, 15) is 44.7 Å². The Kier molecular flexibility index (Phi) is 7.31. The molecule has 0 aliphatic rings. The van der Waals surface area contributed by atoms with Crippen LogP contribution in [0.4, 0.5) is 35.1 Å². The number of ether oxygens (including phenoxy) is 1. The monoisotopic (exact) mass is 430 g/mol. The molecule has 0 spiro atoms. The third-order valence-corrected chi connectivity index (χ3v) is 3.21. The molecule has 0 aromatic heterocycles. The number of benzene rings is 2. The minimum Gasteiger partial charge on any atom is -0.478 e.